The third-order valence-corrected chi connectivity index (χ3v) is 4.52. The Labute approximate surface area is 139 Å². The number of nitrogens with zero attached hydrogens (tertiary/aromatic N) is 5. The predicted molar refractivity (Wildman–Crippen MR) is 85.7 cm³/mol. The van der Waals surface area contributed by atoms with E-state index in [0.717, 1.165) is 50.4 Å². The highest BCUT2D eigenvalue weighted by atomic mass is 16.5. The smallest absolute Gasteiger partial charge is 0.272 e. The summed E-state index contributed by atoms with van der Waals surface area (Å²) in [7, 11) is 0. The SMILES string of the molecule is Cc1nc(C2CCN(c3ccc(C(=O)NC4CC4)nn3)CC2)no1. The van der Waals surface area contributed by atoms with Crippen molar-refractivity contribution in [3.63, 3.8) is 0 Å². The molecule has 4 rings (SSSR count). The van der Waals surface area contributed by atoms with Gasteiger partial charge in [0.25, 0.3) is 5.91 Å². The van der Waals surface area contributed by atoms with Crippen LogP contribution >= 0.6 is 0 Å². The molecule has 1 amide bonds. The highest BCUT2D eigenvalue weighted by Gasteiger charge is 2.26. The first-order chi connectivity index (χ1) is 11.7. The van der Waals surface area contributed by atoms with Crippen LogP contribution in [0.25, 0.3) is 0 Å². The Hall–Kier alpha value is -2.51. The average molecular weight is 328 g/mol. The maximum atomic E-state index is 11.9. The Bertz CT molecular complexity index is 716. The van der Waals surface area contributed by atoms with Gasteiger partial charge >= 0.3 is 0 Å². The van der Waals surface area contributed by atoms with Crippen LogP contribution in [0, 0.1) is 6.92 Å². The number of amides is 1. The number of anilines is 1. The zero-order valence-corrected chi connectivity index (χ0v) is 13.6. The quantitative estimate of drug-likeness (QED) is 0.907. The summed E-state index contributed by atoms with van der Waals surface area (Å²) in [5.41, 5.74) is 0.378. The Morgan fingerprint density at radius 3 is 2.58 bits per heavy atom. The molecule has 8 heteroatoms. The Kier molecular flexibility index (Phi) is 3.87. The standard InChI is InChI=1S/C16H20N6O2/c1-10-17-15(21-24-10)11-6-8-22(9-7-11)14-5-4-13(19-20-14)16(23)18-12-2-3-12/h4-5,11-12H,2-3,6-9H2,1H3,(H,18,23). The minimum atomic E-state index is -0.136. The van der Waals surface area contributed by atoms with E-state index in [0.29, 0.717) is 23.5 Å². The maximum absolute atomic E-state index is 11.9. The molecule has 126 valence electrons. The van der Waals surface area contributed by atoms with Crippen molar-refractivity contribution in [3.05, 3.63) is 29.5 Å². The van der Waals surface area contributed by atoms with Gasteiger partial charge in [-0.1, -0.05) is 5.16 Å². The summed E-state index contributed by atoms with van der Waals surface area (Å²) in [6.07, 6.45) is 4.02. The predicted octanol–water partition coefficient (Wildman–Crippen LogP) is 1.44. The maximum Gasteiger partial charge on any atom is 0.272 e. The normalized spacial score (nSPS) is 18.6. The number of piperidine rings is 1. The molecule has 1 saturated heterocycles. The van der Waals surface area contributed by atoms with Gasteiger partial charge < -0.3 is 14.7 Å². The molecule has 2 aliphatic rings. The number of aromatic nitrogens is 4. The highest BCUT2D eigenvalue weighted by molar-refractivity contribution is 5.92. The first-order valence-electron chi connectivity index (χ1n) is 8.39. The molecule has 24 heavy (non-hydrogen) atoms. The summed E-state index contributed by atoms with van der Waals surface area (Å²) < 4.78 is 5.06. The van der Waals surface area contributed by atoms with Crippen molar-refractivity contribution < 1.29 is 9.32 Å². The molecule has 0 radical (unpaired) electrons. The molecule has 0 atom stereocenters. The van der Waals surface area contributed by atoms with Crippen LogP contribution in [0.1, 0.15) is 53.8 Å². The van der Waals surface area contributed by atoms with E-state index in [-0.39, 0.29) is 5.91 Å². The second kappa shape index (κ2) is 6.18. The molecule has 0 unspecified atom stereocenters. The fraction of sp³-hybridized carbons (Fsp3) is 0.562. The highest BCUT2D eigenvalue weighted by Crippen LogP contribution is 2.28. The van der Waals surface area contributed by atoms with Gasteiger partial charge in [0.1, 0.15) is 0 Å². The molecule has 1 aliphatic heterocycles. The molecule has 1 N–H and O–H groups in total. The number of rotatable bonds is 4. The third kappa shape index (κ3) is 3.22. The van der Waals surface area contributed by atoms with E-state index in [2.05, 4.69) is 30.6 Å². The van der Waals surface area contributed by atoms with E-state index in [1.807, 2.05) is 13.0 Å². The van der Waals surface area contributed by atoms with Crippen LogP contribution in [0.3, 0.4) is 0 Å². The summed E-state index contributed by atoms with van der Waals surface area (Å²) in [4.78, 5) is 18.4. The molecule has 8 nitrogen and oxygen atoms in total. The molecule has 2 fully saturated rings. The summed E-state index contributed by atoms with van der Waals surface area (Å²) >= 11 is 0. The number of nitrogens with one attached hydrogen (secondary N) is 1. The van der Waals surface area contributed by atoms with E-state index in [1.54, 1.807) is 6.07 Å². The lowest BCUT2D eigenvalue weighted by molar-refractivity contribution is 0.0945. The molecule has 1 aliphatic carbocycles. The van der Waals surface area contributed by atoms with Crippen LogP contribution in [-0.4, -0.2) is 45.4 Å². The van der Waals surface area contributed by atoms with E-state index < -0.39 is 0 Å². The van der Waals surface area contributed by atoms with Gasteiger partial charge in [0, 0.05) is 32.0 Å². The zero-order chi connectivity index (χ0) is 16.5. The average Bonchev–Trinajstić information content (AvgIpc) is 3.33. The van der Waals surface area contributed by atoms with Crippen molar-refractivity contribution in [1.82, 2.24) is 25.7 Å². The number of hydrogen-bond donors (Lipinski definition) is 1. The Morgan fingerprint density at radius 2 is 2.00 bits per heavy atom. The van der Waals surface area contributed by atoms with Crippen LogP contribution < -0.4 is 10.2 Å². The first-order valence-corrected chi connectivity index (χ1v) is 8.39. The zero-order valence-electron chi connectivity index (χ0n) is 13.6. The largest absolute Gasteiger partial charge is 0.355 e. The summed E-state index contributed by atoms with van der Waals surface area (Å²) in [5.74, 6) is 2.40. The number of carbonyl (C=O) groups is 1. The summed E-state index contributed by atoms with van der Waals surface area (Å²) in [5, 5.41) is 15.2. The van der Waals surface area contributed by atoms with E-state index >= 15 is 0 Å². The molecule has 1 saturated carbocycles. The van der Waals surface area contributed by atoms with Crippen LogP contribution in [0.5, 0.6) is 0 Å². The molecule has 0 aromatic carbocycles. The summed E-state index contributed by atoms with van der Waals surface area (Å²) in [6, 6.07) is 3.94. The van der Waals surface area contributed by atoms with Crippen molar-refractivity contribution in [2.75, 3.05) is 18.0 Å². The fourth-order valence-electron chi connectivity index (χ4n) is 2.95. The van der Waals surface area contributed by atoms with Gasteiger partial charge in [0.15, 0.2) is 17.3 Å². The second-order valence-electron chi connectivity index (χ2n) is 6.46. The molecule has 2 aromatic rings. The lowest BCUT2D eigenvalue weighted by Gasteiger charge is -2.31. The van der Waals surface area contributed by atoms with Crippen LogP contribution in [-0.2, 0) is 0 Å². The minimum Gasteiger partial charge on any atom is -0.355 e. The van der Waals surface area contributed by atoms with Crippen molar-refractivity contribution in [2.45, 2.75) is 44.6 Å². The molecule has 2 aromatic heterocycles. The third-order valence-electron chi connectivity index (χ3n) is 4.52. The molecule has 3 heterocycles. The number of aryl methyl sites for hydroxylation is 1. The molecule has 0 bridgehead atoms. The van der Waals surface area contributed by atoms with Crippen molar-refractivity contribution in [2.24, 2.45) is 0 Å². The monoisotopic (exact) mass is 328 g/mol. The van der Waals surface area contributed by atoms with Crippen LogP contribution in [0.2, 0.25) is 0 Å². The van der Waals surface area contributed by atoms with Gasteiger partial charge in [-0.15, -0.1) is 10.2 Å². The number of carbonyl (C=O) groups excluding carboxylic acids is 1. The Balaban J connectivity index is 1.35. The first kappa shape index (κ1) is 15.0. The van der Waals surface area contributed by atoms with E-state index in [1.165, 1.54) is 0 Å². The van der Waals surface area contributed by atoms with Crippen molar-refractivity contribution in [3.8, 4) is 0 Å². The van der Waals surface area contributed by atoms with Crippen LogP contribution in [0.4, 0.5) is 5.82 Å². The molecular formula is C16H20N6O2. The van der Waals surface area contributed by atoms with Crippen LogP contribution in [0.15, 0.2) is 16.7 Å². The van der Waals surface area contributed by atoms with Gasteiger partial charge in [-0.2, -0.15) is 4.98 Å². The lowest BCUT2D eigenvalue weighted by atomic mass is 9.96. The van der Waals surface area contributed by atoms with Gasteiger partial charge in [-0.25, -0.2) is 0 Å². The van der Waals surface area contributed by atoms with Gasteiger partial charge in [-0.05, 0) is 37.8 Å². The van der Waals surface area contributed by atoms with Gasteiger partial charge in [0.2, 0.25) is 5.89 Å². The van der Waals surface area contributed by atoms with Crippen molar-refractivity contribution in [1.29, 1.82) is 0 Å². The molecule has 0 spiro atoms. The topological polar surface area (TPSA) is 97.0 Å². The number of hydrogen-bond acceptors (Lipinski definition) is 7. The van der Waals surface area contributed by atoms with Crippen molar-refractivity contribution >= 4 is 11.7 Å². The molecular weight excluding hydrogens is 308 g/mol. The lowest BCUT2D eigenvalue weighted by Crippen LogP contribution is -2.34. The van der Waals surface area contributed by atoms with Gasteiger partial charge in [0.05, 0.1) is 0 Å². The minimum absolute atomic E-state index is 0.136. The van der Waals surface area contributed by atoms with Gasteiger partial charge in [-0.3, -0.25) is 4.79 Å². The Morgan fingerprint density at radius 1 is 1.21 bits per heavy atom. The van der Waals surface area contributed by atoms with E-state index in [4.69, 9.17) is 4.52 Å². The fourth-order valence-corrected chi connectivity index (χ4v) is 2.95. The van der Waals surface area contributed by atoms with E-state index in [9.17, 15) is 4.79 Å². The second-order valence-corrected chi connectivity index (χ2v) is 6.46. The summed E-state index contributed by atoms with van der Waals surface area (Å²) in [6.45, 7) is 3.53.